The van der Waals surface area contributed by atoms with E-state index in [2.05, 4.69) is 0 Å². The van der Waals surface area contributed by atoms with Gasteiger partial charge >= 0.3 is 5.97 Å². The Bertz CT molecular complexity index is 469. The van der Waals surface area contributed by atoms with Gasteiger partial charge in [-0.1, -0.05) is 6.92 Å². The number of nitrogens with zero attached hydrogens (tertiary/aromatic N) is 2. The molecule has 1 saturated heterocycles. The molecule has 1 N–H and O–H groups in total. The maximum atomic E-state index is 12.1. The van der Waals surface area contributed by atoms with Crippen LogP contribution in [0, 0.1) is 23.2 Å². The Kier molecular flexibility index (Phi) is 5.32. The average Bonchev–Trinajstić information content (AvgIpc) is 2.37. The second kappa shape index (κ2) is 6.35. The van der Waals surface area contributed by atoms with Crippen LogP contribution in [0.3, 0.4) is 0 Å². The minimum absolute atomic E-state index is 0.0468. The molecule has 0 saturated carbocycles. The van der Waals surface area contributed by atoms with Crippen molar-refractivity contribution < 1.29 is 18.3 Å². The lowest BCUT2D eigenvalue weighted by Crippen LogP contribution is -2.45. The van der Waals surface area contributed by atoms with E-state index in [0.29, 0.717) is 19.5 Å². The van der Waals surface area contributed by atoms with Crippen LogP contribution in [0.15, 0.2) is 0 Å². The first kappa shape index (κ1) is 15.9. The average molecular weight is 288 g/mol. The van der Waals surface area contributed by atoms with Crippen molar-refractivity contribution in [2.45, 2.75) is 38.4 Å². The van der Waals surface area contributed by atoms with E-state index in [1.165, 1.54) is 11.2 Å². The van der Waals surface area contributed by atoms with Crippen LogP contribution < -0.4 is 0 Å². The molecular formula is C12H20N2O4S. The van der Waals surface area contributed by atoms with Gasteiger partial charge in [-0.05, 0) is 31.6 Å². The molecule has 0 aromatic rings. The third kappa shape index (κ3) is 3.91. The summed E-state index contributed by atoms with van der Waals surface area (Å²) in [5, 5.41) is 16.5. The van der Waals surface area contributed by atoms with Gasteiger partial charge in [0, 0.05) is 19.5 Å². The minimum Gasteiger partial charge on any atom is -0.481 e. The summed E-state index contributed by atoms with van der Waals surface area (Å²) in [4.78, 5) is 10.7. The molecule has 1 rings (SSSR count). The van der Waals surface area contributed by atoms with Crippen LogP contribution in [0.4, 0.5) is 0 Å². The Labute approximate surface area is 114 Å². The van der Waals surface area contributed by atoms with Crippen molar-refractivity contribution in [3.8, 4) is 6.07 Å². The van der Waals surface area contributed by atoms with Gasteiger partial charge in [0.05, 0.1) is 6.07 Å². The molecule has 0 aromatic heterocycles. The van der Waals surface area contributed by atoms with Gasteiger partial charge < -0.3 is 5.11 Å². The van der Waals surface area contributed by atoms with Crippen LogP contribution in [0.25, 0.3) is 0 Å². The molecule has 108 valence electrons. The number of carboxylic acid groups (broad SMARTS) is 1. The van der Waals surface area contributed by atoms with Crippen molar-refractivity contribution in [3.05, 3.63) is 0 Å². The quantitative estimate of drug-likeness (QED) is 0.815. The van der Waals surface area contributed by atoms with Crippen LogP contribution in [0.5, 0.6) is 0 Å². The first-order valence-corrected chi connectivity index (χ1v) is 7.89. The molecule has 0 radical (unpaired) electrons. The zero-order chi connectivity index (χ0) is 14.6. The van der Waals surface area contributed by atoms with E-state index in [4.69, 9.17) is 10.4 Å². The van der Waals surface area contributed by atoms with E-state index in [-0.39, 0.29) is 18.3 Å². The summed E-state index contributed by atoms with van der Waals surface area (Å²) in [5.41, 5.74) is 0. The lowest BCUT2D eigenvalue weighted by Gasteiger charge is -2.35. The number of aliphatic carboxylic acids is 1. The number of rotatable bonds is 5. The van der Waals surface area contributed by atoms with Crippen molar-refractivity contribution >= 4 is 16.0 Å². The van der Waals surface area contributed by atoms with Crippen LogP contribution in [-0.2, 0) is 14.8 Å². The molecule has 6 nitrogen and oxygen atoms in total. The maximum absolute atomic E-state index is 12.1. The van der Waals surface area contributed by atoms with Gasteiger partial charge in [-0.25, -0.2) is 12.7 Å². The fourth-order valence-corrected chi connectivity index (χ4v) is 3.77. The summed E-state index contributed by atoms with van der Waals surface area (Å²) >= 11 is 0. The highest BCUT2D eigenvalue weighted by Gasteiger charge is 2.34. The van der Waals surface area contributed by atoms with E-state index in [9.17, 15) is 13.2 Å². The third-order valence-corrected chi connectivity index (χ3v) is 5.76. The molecular weight excluding hydrogens is 268 g/mol. The topological polar surface area (TPSA) is 98.5 Å². The van der Waals surface area contributed by atoms with Gasteiger partial charge in [-0.15, -0.1) is 0 Å². The molecule has 0 spiro atoms. The van der Waals surface area contributed by atoms with Crippen molar-refractivity contribution in [2.24, 2.45) is 11.8 Å². The van der Waals surface area contributed by atoms with Gasteiger partial charge in [0.15, 0.2) is 5.25 Å². The number of piperidine rings is 1. The molecule has 3 atom stereocenters. The highest BCUT2D eigenvalue weighted by atomic mass is 32.2. The van der Waals surface area contributed by atoms with Crippen LogP contribution in [0.2, 0.25) is 0 Å². The van der Waals surface area contributed by atoms with Gasteiger partial charge in [0.1, 0.15) is 0 Å². The summed E-state index contributed by atoms with van der Waals surface area (Å²) < 4.78 is 25.5. The number of hydrogen-bond acceptors (Lipinski definition) is 4. The van der Waals surface area contributed by atoms with Crippen LogP contribution in [0.1, 0.15) is 33.1 Å². The first-order chi connectivity index (χ1) is 8.78. The van der Waals surface area contributed by atoms with Crippen molar-refractivity contribution in [2.75, 3.05) is 13.1 Å². The maximum Gasteiger partial charge on any atom is 0.303 e. The molecule has 0 amide bonds. The molecule has 0 aromatic carbocycles. The van der Waals surface area contributed by atoms with E-state index in [1.54, 1.807) is 6.07 Å². The Morgan fingerprint density at radius 3 is 2.68 bits per heavy atom. The number of hydrogen-bond donors (Lipinski definition) is 1. The lowest BCUT2D eigenvalue weighted by atomic mass is 9.85. The molecule has 7 heteroatoms. The van der Waals surface area contributed by atoms with E-state index in [0.717, 1.165) is 6.42 Å². The highest BCUT2D eigenvalue weighted by Crippen LogP contribution is 2.28. The monoisotopic (exact) mass is 288 g/mol. The fraction of sp³-hybridized carbons (Fsp3) is 0.833. The second-order valence-corrected chi connectivity index (χ2v) is 7.41. The van der Waals surface area contributed by atoms with Crippen LogP contribution in [-0.4, -0.2) is 42.1 Å². The Morgan fingerprint density at radius 2 is 2.16 bits per heavy atom. The Morgan fingerprint density at radius 1 is 1.53 bits per heavy atom. The fourth-order valence-electron chi connectivity index (χ4n) is 2.40. The predicted octanol–water partition coefficient (Wildman–Crippen LogP) is 1.05. The smallest absolute Gasteiger partial charge is 0.303 e. The third-order valence-electron chi connectivity index (χ3n) is 3.71. The summed E-state index contributed by atoms with van der Waals surface area (Å²) in [6.07, 6.45) is 1.60. The predicted molar refractivity (Wildman–Crippen MR) is 69.7 cm³/mol. The first-order valence-electron chi connectivity index (χ1n) is 6.39. The number of nitriles is 1. The molecule has 19 heavy (non-hydrogen) atoms. The SMILES string of the molecule is CC(CC(=O)O)C1CCCN(S(=O)(=O)C(C)C#N)C1. The van der Waals surface area contributed by atoms with Gasteiger partial charge in [-0.2, -0.15) is 5.26 Å². The lowest BCUT2D eigenvalue weighted by molar-refractivity contribution is -0.138. The summed E-state index contributed by atoms with van der Waals surface area (Å²) in [6.45, 7) is 3.95. The second-order valence-electron chi connectivity index (χ2n) is 5.15. The van der Waals surface area contributed by atoms with Crippen molar-refractivity contribution in [1.29, 1.82) is 5.26 Å². The van der Waals surface area contributed by atoms with E-state index >= 15 is 0 Å². The van der Waals surface area contributed by atoms with Gasteiger partial charge in [-0.3, -0.25) is 4.79 Å². The zero-order valence-electron chi connectivity index (χ0n) is 11.2. The Balaban J connectivity index is 2.75. The molecule has 1 aliphatic heterocycles. The molecule has 0 bridgehead atoms. The summed E-state index contributed by atoms with van der Waals surface area (Å²) in [7, 11) is -3.58. The number of sulfonamides is 1. The Hall–Kier alpha value is -1.13. The standard InChI is InChI=1S/C12H20N2O4S/c1-9(6-12(15)16)11-4-3-5-14(8-11)19(17,18)10(2)7-13/h9-11H,3-6,8H2,1-2H3,(H,15,16). The van der Waals surface area contributed by atoms with Gasteiger partial charge in [0.2, 0.25) is 10.0 Å². The molecule has 1 fully saturated rings. The number of carbonyl (C=O) groups is 1. The van der Waals surface area contributed by atoms with Crippen molar-refractivity contribution in [1.82, 2.24) is 4.31 Å². The van der Waals surface area contributed by atoms with Crippen LogP contribution >= 0.6 is 0 Å². The summed E-state index contributed by atoms with van der Waals surface area (Å²) in [5.74, 6) is -0.878. The van der Waals surface area contributed by atoms with Crippen molar-refractivity contribution in [3.63, 3.8) is 0 Å². The number of carboxylic acids is 1. The normalized spacial score (nSPS) is 24.4. The molecule has 0 aliphatic carbocycles. The molecule has 3 unspecified atom stereocenters. The highest BCUT2D eigenvalue weighted by molar-refractivity contribution is 7.89. The molecule has 1 heterocycles. The van der Waals surface area contributed by atoms with E-state index < -0.39 is 21.2 Å². The summed E-state index contributed by atoms with van der Waals surface area (Å²) in [6, 6.07) is 1.76. The van der Waals surface area contributed by atoms with Gasteiger partial charge in [0.25, 0.3) is 0 Å². The zero-order valence-corrected chi connectivity index (χ0v) is 12.1. The largest absolute Gasteiger partial charge is 0.481 e. The molecule has 1 aliphatic rings. The van der Waals surface area contributed by atoms with E-state index in [1.807, 2.05) is 6.92 Å². The minimum atomic E-state index is -3.58.